The Labute approximate surface area is 172 Å². The highest BCUT2D eigenvalue weighted by Gasteiger charge is 2.23. The van der Waals surface area contributed by atoms with Gasteiger partial charge in [0.1, 0.15) is 5.69 Å². The second-order valence-corrected chi connectivity index (χ2v) is 7.23. The first-order valence-electron chi connectivity index (χ1n) is 8.43. The summed E-state index contributed by atoms with van der Waals surface area (Å²) >= 11 is 12.0. The monoisotopic (exact) mass is 416 g/mol. The van der Waals surface area contributed by atoms with Crippen LogP contribution < -0.4 is 10.6 Å². The summed E-state index contributed by atoms with van der Waals surface area (Å²) < 4.78 is 1.36. The number of hydrogen-bond donors (Lipinski definition) is 2. The minimum atomic E-state index is -0.460. The van der Waals surface area contributed by atoms with E-state index in [0.717, 1.165) is 11.1 Å². The average Bonchev–Trinajstić information content (AvgIpc) is 3.03. The number of nitrogens with zero attached hydrogens (tertiary/aromatic N) is 2. The lowest BCUT2D eigenvalue weighted by Gasteiger charge is -2.12. The molecule has 6 nitrogen and oxygen atoms in total. The van der Waals surface area contributed by atoms with Crippen LogP contribution in [0, 0.1) is 13.8 Å². The Balaban J connectivity index is 1.88. The lowest BCUT2D eigenvalue weighted by atomic mass is 10.1. The molecule has 0 unspecified atom stereocenters. The molecule has 0 aliphatic heterocycles. The van der Waals surface area contributed by atoms with E-state index in [0.29, 0.717) is 21.4 Å². The van der Waals surface area contributed by atoms with Crippen LogP contribution in [0.3, 0.4) is 0 Å². The van der Waals surface area contributed by atoms with Gasteiger partial charge in [-0.15, -0.1) is 0 Å². The maximum absolute atomic E-state index is 12.8. The van der Waals surface area contributed by atoms with Crippen molar-refractivity contribution in [1.29, 1.82) is 0 Å². The molecule has 0 radical (unpaired) electrons. The molecule has 0 aliphatic rings. The van der Waals surface area contributed by atoms with Gasteiger partial charge in [0.15, 0.2) is 0 Å². The maximum atomic E-state index is 12.8. The highest BCUT2D eigenvalue weighted by molar-refractivity contribution is 6.31. The number of benzene rings is 2. The zero-order chi connectivity index (χ0) is 20.4. The second-order valence-electron chi connectivity index (χ2n) is 6.36. The molecule has 1 heterocycles. The van der Waals surface area contributed by atoms with Crippen LogP contribution in [0.4, 0.5) is 11.4 Å². The first-order chi connectivity index (χ1) is 13.3. The van der Waals surface area contributed by atoms with Crippen LogP contribution in [0.2, 0.25) is 10.0 Å². The topological polar surface area (TPSA) is 76.0 Å². The van der Waals surface area contributed by atoms with Crippen molar-refractivity contribution < 1.29 is 9.59 Å². The molecule has 3 aromatic rings. The number of carbonyl (C=O) groups is 2. The van der Waals surface area contributed by atoms with Crippen molar-refractivity contribution in [1.82, 2.24) is 9.78 Å². The van der Waals surface area contributed by atoms with Crippen LogP contribution in [0.15, 0.2) is 42.6 Å². The molecule has 2 amide bonds. The highest BCUT2D eigenvalue weighted by atomic mass is 35.5. The molecule has 8 heteroatoms. The Morgan fingerprint density at radius 3 is 1.93 bits per heavy atom. The van der Waals surface area contributed by atoms with Crippen LogP contribution in [-0.2, 0) is 7.05 Å². The zero-order valence-electron chi connectivity index (χ0n) is 15.5. The third-order valence-corrected chi connectivity index (χ3v) is 4.76. The Kier molecular flexibility index (Phi) is 5.72. The lowest BCUT2D eigenvalue weighted by molar-refractivity contribution is 0.0985. The van der Waals surface area contributed by atoms with Gasteiger partial charge in [-0.3, -0.25) is 14.3 Å². The molecule has 0 saturated heterocycles. The van der Waals surface area contributed by atoms with Crippen molar-refractivity contribution in [2.24, 2.45) is 7.05 Å². The molecule has 0 atom stereocenters. The van der Waals surface area contributed by atoms with Crippen molar-refractivity contribution in [3.05, 3.63) is 75.0 Å². The molecule has 2 N–H and O–H groups in total. The molecule has 0 aliphatic carbocycles. The average molecular weight is 417 g/mol. The molecule has 28 heavy (non-hydrogen) atoms. The van der Waals surface area contributed by atoms with E-state index in [9.17, 15) is 9.59 Å². The second kappa shape index (κ2) is 8.04. The van der Waals surface area contributed by atoms with Crippen LogP contribution in [0.25, 0.3) is 0 Å². The minimum Gasteiger partial charge on any atom is -0.322 e. The van der Waals surface area contributed by atoms with Gasteiger partial charge in [-0.25, -0.2) is 0 Å². The third-order valence-electron chi connectivity index (χ3n) is 4.29. The number of aromatic nitrogens is 2. The van der Waals surface area contributed by atoms with Gasteiger partial charge in [0, 0.05) is 28.5 Å². The summed E-state index contributed by atoms with van der Waals surface area (Å²) in [5, 5.41) is 10.6. The quantitative estimate of drug-likeness (QED) is 0.637. The van der Waals surface area contributed by atoms with Crippen LogP contribution in [0.5, 0.6) is 0 Å². The third kappa shape index (κ3) is 4.18. The van der Waals surface area contributed by atoms with E-state index in [2.05, 4.69) is 15.7 Å². The normalized spacial score (nSPS) is 10.6. The van der Waals surface area contributed by atoms with Crippen LogP contribution in [0.1, 0.15) is 32.0 Å². The Bertz CT molecular complexity index is 1080. The van der Waals surface area contributed by atoms with E-state index in [1.807, 2.05) is 13.8 Å². The summed E-state index contributed by atoms with van der Waals surface area (Å²) in [6.07, 6.45) is 1.36. The number of hydrogen-bond acceptors (Lipinski definition) is 3. The number of halogens is 2. The van der Waals surface area contributed by atoms with Gasteiger partial charge < -0.3 is 10.6 Å². The standard InChI is InChI=1S/C20H18Cl2N4O2/c1-11-4-6-13(21)8-16(11)24-19(27)15-10-23-26(3)18(15)20(28)25-17-9-14(22)7-5-12(17)2/h4-10H,1-3H3,(H,24,27)(H,25,28). The van der Waals surface area contributed by atoms with Gasteiger partial charge in [-0.2, -0.15) is 5.10 Å². The molecule has 0 saturated carbocycles. The number of carbonyl (C=O) groups excluding carboxylic acids is 2. The first-order valence-corrected chi connectivity index (χ1v) is 9.19. The number of anilines is 2. The minimum absolute atomic E-state index is 0.136. The van der Waals surface area contributed by atoms with Crippen molar-refractivity contribution >= 4 is 46.4 Å². The van der Waals surface area contributed by atoms with Gasteiger partial charge in [-0.1, -0.05) is 35.3 Å². The lowest BCUT2D eigenvalue weighted by Crippen LogP contribution is -2.22. The molecule has 0 fully saturated rings. The predicted octanol–water partition coefficient (Wildman–Crippen LogP) is 4.85. The molecule has 144 valence electrons. The maximum Gasteiger partial charge on any atom is 0.274 e. The first kappa shape index (κ1) is 19.9. The summed E-state index contributed by atoms with van der Waals surface area (Å²) in [5.41, 5.74) is 3.12. The van der Waals surface area contributed by atoms with Crippen molar-refractivity contribution in [3.63, 3.8) is 0 Å². The largest absolute Gasteiger partial charge is 0.322 e. The van der Waals surface area contributed by atoms with Crippen molar-refractivity contribution in [2.45, 2.75) is 13.8 Å². The fourth-order valence-corrected chi connectivity index (χ4v) is 3.05. The van der Waals surface area contributed by atoms with Gasteiger partial charge in [0.05, 0.1) is 11.8 Å². The SMILES string of the molecule is Cc1ccc(Cl)cc1NC(=O)c1cnn(C)c1C(=O)Nc1cc(Cl)ccc1C. The molecular formula is C20H18Cl2N4O2. The van der Waals surface area contributed by atoms with Gasteiger partial charge in [-0.05, 0) is 49.2 Å². The summed E-state index contributed by atoms with van der Waals surface area (Å²) in [4.78, 5) is 25.6. The van der Waals surface area contributed by atoms with Crippen LogP contribution in [-0.4, -0.2) is 21.6 Å². The molecule has 0 spiro atoms. The van der Waals surface area contributed by atoms with Gasteiger partial charge in [0.25, 0.3) is 11.8 Å². The number of rotatable bonds is 4. The Morgan fingerprint density at radius 2 is 1.39 bits per heavy atom. The fraction of sp³-hybridized carbons (Fsp3) is 0.150. The predicted molar refractivity (Wildman–Crippen MR) is 111 cm³/mol. The summed E-state index contributed by atoms with van der Waals surface area (Å²) in [5.74, 6) is -0.912. The van der Waals surface area contributed by atoms with E-state index in [4.69, 9.17) is 23.2 Å². The molecule has 1 aromatic heterocycles. The van der Waals surface area contributed by atoms with Crippen molar-refractivity contribution in [3.8, 4) is 0 Å². The van der Waals surface area contributed by atoms with Crippen LogP contribution >= 0.6 is 23.2 Å². The highest BCUT2D eigenvalue weighted by Crippen LogP contribution is 2.23. The van der Waals surface area contributed by atoms with Gasteiger partial charge >= 0.3 is 0 Å². The summed E-state index contributed by atoms with van der Waals surface area (Å²) in [6, 6.07) is 10.4. The molecular weight excluding hydrogens is 399 g/mol. The number of nitrogens with one attached hydrogen (secondary N) is 2. The molecule has 2 aromatic carbocycles. The van der Waals surface area contributed by atoms with E-state index in [1.54, 1.807) is 43.4 Å². The van der Waals surface area contributed by atoms with E-state index in [-0.39, 0.29) is 11.3 Å². The molecule has 3 rings (SSSR count). The molecule has 0 bridgehead atoms. The van der Waals surface area contributed by atoms with E-state index >= 15 is 0 Å². The number of amides is 2. The number of aryl methyl sites for hydroxylation is 3. The van der Waals surface area contributed by atoms with Gasteiger partial charge in [0.2, 0.25) is 0 Å². The van der Waals surface area contributed by atoms with Crippen molar-refractivity contribution in [2.75, 3.05) is 10.6 Å². The van der Waals surface area contributed by atoms with E-state index in [1.165, 1.54) is 10.9 Å². The van der Waals surface area contributed by atoms with E-state index < -0.39 is 11.8 Å². The summed E-state index contributed by atoms with van der Waals surface area (Å²) in [6.45, 7) is 3.70. The fourth-order valence-electron chi connectivity index (χ4n) is 2.70. The summed E-state index contributed by atoms with van der Waals surface area (Å²) in [7, 11) is 1.60. The Hall–Kier alpha value is -2.83. The zero-order valence-corrected chi connectivity index (χ0v) is 17.0. The smallest absolute Gasteiger partial charge is 0.274 e. The Morgan fingerprint density at radius 1 is 0.893 bits per heavy atom.